The fourth-order valence-electron chi connectivity index (χ4n) is 1.53. The molecule has 2 nitrogen and oxygen atoms in total. The Balaban J connectivity index is 1.93. The molecule has 14 heavy (non-hydrogen) atoms. The number of rotatable bonds is 4. The molecule has 0 spiro atoms. The predicted molar refractivity (Wildman–Crippen MR) is 55.6 cm³/mol. The summed E-state index contributed by atoms with van der Waals surface area (Å²) in [5.41, 5.74) is 1.28. The highest BCUT2D eigenvalue weighted by Gasteiger charge is 2.19. The molecule has 0 unspecified atom stereocenters. The van der Waals surface area contributed by atoms with Gasteiger partial charge in [0.15, 0.2) is 0 Å². The standard InChI is InChI=1S/C12H16O2/c1-2-11-5-3-4-6-12(11)14-9-10-7-13-8-10/h3-6,10H,2,7-9H2,1H3. The van der Waals surface area contributed by atoms with Crippen LogP contribution in [0.2, 0.25) is 0 Å². The molecular formula is C12H16O2. The Labute approximate surface area is 84.8 Å². The molecule has 0 bridgehead atoms. The first kappa shape index (κ1) is 9.53. The lowest BCUT2D eigenvalue weighted by atomic mass is 10.1. The number of hydrogen-bond acceptors (Lipinski definition) is 2. The first-order chi connectivity index (χ1) is 6.90. The minimum atomic E-state index is 0.597. The summed E-state index contributed by atoms with van der Waals surface area (Å²) in [5.74, 6) is 1.63. The summed E-state index contributed by atoms with van der Waals surface area (Å²) < 4.78 is 10.9. The van der Waals surface area contributed by atoms with Gasteiger partial charge in [0.05, 0.1) is 19.8 Å². The lowest BCUT2D eigenvalue weighted by molar-refractivity contribution is -0.0509. The Kier molecular flexibility index (Phi) is 3.04. The molecule has 0 radical (unpaired) electrons. The lowest BCUT2D eigenvalue weighted by Crippen LogP contribution is -2.32. The first-order valence-corrected chi connectivity index (χ1v) is 5.18. The SMILES string of the molecule is CCc1ccccc1OCC1COC1. The van der Waals surface area contributed by atoms with Gasteiger partial charge in [0.1, 0.15) is 5.75 Å². The van der Waals surface area contributed by atoms with E-state index < -0.39 is 0 Å². The van der Waals surface area contributed by atoms with Gasteiger partial charge in [-0.25, -0.2) is 0 Å². The molecule has 1 aliphatic heterocycles. The molecule has 2 heteroatoms. The zero-order valence-corrected chi connectivity index (χ0v) is 8.53. The van der Waals surface area contributed by atoms with Gasteiger partial charge < -0.3 is 9.47 Å². The van der Waals surface area contributed by atoms with Crippen molar-refractivity contribution in [1.29, 1.82) is 0 Å². The van der Waals surface area contributed by atoms with Crippen LogP contribution in [-0.2, 0) is 11.2 Å². The summed E-state index contributed by atoms with van der Waals surface area (Å²) in [7, 11) is 0. The number of aryl methyl sites for hydroxylation is 1. The van der Waals surface area contributed by atoms with Crippen molar-refractivity contribution < 1.29 is 9.47 Å². The van der Waals surface area contributed by atoms with Crippen molar-refractivity contribution in [3.63, 3.8) is 0 Å². The van der Waals surface area contributed by atoms with Crippen LogP contribution in [0.1, 0.15) is 12.5 Å². The van der Waals surface area contributed by atoms with E-state index in [1.165, 1.54) is 5.56 Å². The number of para-hydroxylation sites is 1. The van der Waals surface area contributed by atoms with Gasteiger partial charge in [-0.3, -0.25) is 0 Å². The van der Waals surface area contributed by atoms with Gasteiger partial charge in [-0.2, -0.15) is 0 Å². The summed E-state index contributed by atoms with van der Waals surface area (Å²) in [5, 5.41) is 0. The maximum atomic E-state index is 5.75. The van der Waals surface area contributed by atoms with Crippen molar-refractivity contribution in [1.82, 2.24) is 0 Å². The molecule has 76 valence electrons. The van der Waals surface area contributed by atoms with Crippen molar-refractivity contribution in [2.75, 3.05) is 19.8 Å². The molecule has 0 aliphatic carbocycles. The molecule has 2 rings (SSSR count). The minimum Gasteiger partial charge on any atom is -0.493 e. The highest BCUT2D eigenvalue weighted by Crippen LogP contribution is 2.20. The maximum absolute atomic E-state index is 5.75. The molecule has 0 atom stereocenters. The second-order valence-corrected chi connectivity index (χ2v) is 3.68. The summed E-state index contributed by atoms with van der Waals surface area (Å²) in [4.78, 5) is 0. The van der Waals surface area contributed by atoms with Crippen LogP contribution in [0.3, 0.4) is 0 Å². The highest BCUT2D eigenvalue weighted by molar-refractivity contribution is 5.33. The predicted octanol–water partition coefficient (Wildman–Crippen LogP) is 2.27. The first-order valence-electron chi connectivity index (χ1n) is 5.18. The zero-order chi connectivity index (χ0) is 9.80. The Morgan fingerprint density at radius 2 is 2.14 bits per heavy atom. The largest absolute Gasteiger partial charge is 0.493 e. The van der Waals surface area contributed by atoms with Gasteiger partial charge in [0, 0.05) is 5.92 Å². The molecule has 1 saturated heterocycles. The van der Waals surface area contributed by atoms with Gasteiger partial charge in [-0.1, -0.05) is 25.1 Å². The van der Waals surface area contributed by atoms with E-state index in [0.717, 1.165) is 32.0 Å². The third kappa shape index (κ3) is 2.07. The maximum Gasteiger partial charge on any atom is 0.122 e. The van der Waals surface area contributed by atoms with E-state index in [1.807, 2.05) is 12.1 Å². The molecule has 1 aromatic rings. The smallest absolute Gasteiger partial charge is 0.122 e. The fourth-order valence-corrected chi connectivity index (χ4v) is 1.53. The van der Waals surface area contributed by atoms with Gasteiger partial charge >= 0.3 is 0 Å². The Hall–Kier alpha value is -1.02. The van der Waals surface area contributed by atoms with E-state index in [1.54, 1.807) is 0 Å². The Morgan fingerprint density at radius 3 is 2.79 bits per heavy atom. The van der Waals surface area contributed by atoms with Crippen LogP contribution in [-0.4, -0.2) is 19.8 Å². The summed E-state index contributed by atoms with van der Waals surface area (Å²) in [6, 6.07) is 8.23. The van der Waals surface area contributed by atoms with Crippen LogP contribution in [0.25, 0.3) is 0 Å². The Morgan fingerprint density at radius 1 is 1.36 bits per heavy atom. The summed E-state index contributed by atoms with van der Waals surface area (Å²) in [6.07, 6.45) is 1.03. The van der Waals surface area contributed by atoms with Crippen molar-refractivity contribution in [3.05, 3.63) is 29.8 Å². The quantitative estimate of drug-likeness (QED) is 0.728. The summed E-state index contributed by atoms with van der Waals surface area (Å²) in [6.45, 7) is 4.65. The fraction of sp³-hybridized carbons (Fsp3) is 0.500. The molecule has 1 aromatic carbocycles. The number of ether oxygens (including phenoxy) is 2. The van der Waals surface area contributed by atoms with Gasteiger partial charge in [0.25, 0.3) is 0 Å². The van der Waals surface area contributed by atoms with Crippen LogP contribution in [0.4, 0.5) is 0 Å². The lowest BCUT2D eigenvalue weighted by Gasteiger charge is -2.26. The molecule has 1 heterocycles. The van der Waals surface area contributed by atoms with Crippen LogP contribution < -0.4 is 4.74 Å². The van der Waals surface area contributed by atoms with Gasteiger partial charge in [0.2, 0.25) is 0 Å². The van der Waals surface area contributed by atoms with E-state index in [-0.39, 0.29) is 0 Å². The van der Waals surface area contributed by atoms with Gasteiger partial charge in [-0.15, -0.1) is 0 Å². The molecule has 1 fully saturated rings. The highest BCUT2D eigenvalue weighted by atomic mass is 16.5. The monoisotopic (exact) mass is 192 g/mol. The van der Waals surface area contributed by atoms with Crippen molar-refractivity contribution in [2.24, 2.45) is 5.92 Å². The normalized spacial score (nSPS) is 16.4. The molecule has 0 N–H and O–H groups in total. The van der Waals surface area contributed by atoms with Crippen molar-refractivity contribution in [2.45, 2.75) is 13.3 Å². The van der Waals surface area contributed by atoms with E-state index in [9.17, 15) is 0 Å². The van der Waals surface area contributed by atoms with E-state index in [0.29, 0.717) is 5.92 Å². The third-order valence-corrected chi connectivity index (χ3v) is 2.54. The van der Waals surface area contributed by atoms with Crippen molar-refractivity contribution in [3.8, 4) is 5.75 Å². The number of benzene rings is 1. The molecule has 0 aromatic heterocycles. The second kappa shape index (κ2) is 4.47. The topological polar surface area (TPSA) is 18.5 Å². The van der Waals surface area contributed by atoms with Crippen LogP contribution in [0.5, 0.6) is 5.75 Å². The van der Waals surface area contributed by atoms with Gasteiger partial charge in [-0.05, 0) is 18.1 Å². The van der Waals surface area contributed by atoms with E-state index in [4.69, 9.17) is 9.47 Å². The van der Waals surface area contributed by atoms with Crippen molar-refractivity contribution >= 4 is 0 Å². The Bertz CT molecular complexity index is 292. The minimum absolute atomic E-state index is 0.597. The van der Waals surface area contributed by atoms with Crippen LogP contribution in [0, 0.1) is 5.92 Å². The molecule has 1 aliphatic rings. The number of hydrogen-bond donors (Lipinski definition) is 0. The third-order valence-electron chi connectivity index (χ3n) is 2.54. The van der Waals surface area contributed by atoms with E-state index >= 15 is 0 Å². The summed E-state index contributed by atoms with van der Waals surface area (Å²) >= 11 is 0. The average molecular weight is 192 g/mol. The van der Waals surface area contributed by atoms with Crippen LogP contribution >= 0.6 is 0 Å². The average Bonchev–Trinajstić information content (AvgIpc) is 2.16. The van der Waals surface area contributed by atoms with Crippen LogP contribution in [0.15, 0.2) is 24.3 Å². The second-order valence-electron chi connectivity index (χ2n) is 3.68. The molecular weight excluding hydrogens is 176 g/mol. The zero-order valence-electron chi connectivity index (χ0n) is 8.53. The molecule has 0 amide bonds. The van der Waals surface area contributed by atoms with E-state index in [2.05, 4.69) is 19.1 Å². The molecule has 0 saturated carbocycles.